The summed E-state index contributed by atoms with van der Waals surface area (Å²) in [5.41, 5.74) is 3.13. The van der Waals surface area contributed by atoms with Crippen LogP contribution in [0.5, 0.6) is 11.5 Å². The molecule has 102 valence electrons. The average molecular weight is 274 g/mol. The van der Waals surface area contributed by atoms with Crippen LogP contribution in [0.25, 0.3) is 11.1 Å². The molecular formula is C19H14O2. The Morgan fingerprint density at radius 2 is 1.00 bits per heavy atom. The zero-order valence-electron chi connectivity index (χ0n) is 11.4. The van der Waals surface area contributed by atoms with Gasteiger partial charge in [0.05, 0.1) is 0 Å². The van der Waals surface area contributed by atoms with Crippen molar-refractivity contribution >= 4 is 0 Å². The molecule has 0 fully saturated rings. The molecule has 21 heavy (non-hydrogen) atoms. The van der Waals surface area contributed by atoms with Crippen LogP contribution in [0.1, 0.15) is 11.9 Å². The van der Waals surface area contributed by atoms with Crippen molar-refractivity contribution in [3.63, 3.8) is 0 Å². The van der Waals surface area contributed by atoms with Crippen molar-refractivity contribution in [1.82, 2.24) is 0 Å². The Hall–Kier alpha value is -2.74. The molecule has 0 aliphatic carbocycles. The third-order valence-electron chi connectivity index (χ3n) is 3.60. The van der Waals surface area contributed by atoms with Crippen LogP contribution in [-0.2, 0) is 0 Å². The molecule has 0 spiro atoms. The number of ether oxygens (including phenoxy) is 2. The lowest BCUT2D eigenvalue weighted by atomic mass is 10.0. The highest BCUT2D eigenvalue weighted by atomic mass is 16.7. The van der Waals surface area contributed by atoms with E-state index in [1.54, 1.807) is 0 Å². The van der Waals surface area contributed by atoms with E-state index in [0.29, 0.717) is 0 Å². The van der Waals surface area contributed by atoms with Gasteiger partial charge in [-0.3, -0.25) is 0 Å². The molecule has 1 aliphatic rings. The van der Waals surface area contributed by atoms with Gasteiger partial charge in [0, 0.05) is 16.7 Å². The Morgan fingerprint density at radius 3 is 1.57 bits per heavy atom. The summed E-state index contributed by atoms with van der Waals surface area (Å²) in [6.07, 6.45) is -0.434. The molecule has 0 radical (unpaired) electrons. The lowest BCUT2D eigenvalue weighted by Crippen LogP contribution is -2.13. The third-order valence-corrected chi connectivity index (χ3v) is 3.60. The van der Waals surface area contributed by atoms with Crippen LogP contribution >= 0.6 is 0 Å². The van der Waals surface area contributed by atoms with Gasteiger partial charge in [-0.25, -0.2) is 0 Å². The van der Waals surface area contributed by atoms with Gasteiger partial charge in [-0.05, 0) is 12.1 Å². The Bertz CT molecular complexity index is 718. The Balaban J connectivity index is 1.88. The molecule has 3 aromatic rings. The third kappa shape index (κ3) is 2.15. The van der Waals surface area contributed by atoms with Crippen molar-refractivity contribution in [2.45, 2.75) is 6.29 Å². The molecule has 1 aliphatic heterocycles. The molecule has 0 N–H and O–H groups in total. The smallest absolute Gasteiger partial charge is 0.267 e. The van der Waals surface area contributed by atoms with Gasteiger partial charge in [-0.1, -0.05) is 66.7 Å². The summed E-state index contributed by atoms with van der Waals surface area (Å²) in [6, 6.07) is 26.1. The van der Waals surface area contributed by atoms with Crippen LogP contribution in [0.4, 0.5) is 0 Å². The second-order valence-corrected chi connectivity index (χ2v) is 4.97. The van der Waals surface area contributed by atoms with Crippen molar-refractivity contribution in [1.29, 1.82) is 0 Å². The summed E-state index contributed by atoms with van der Waals surface area (Å²) in [5.74, 6) is 1.69. The molecule has 2 nitrogen and oxygen atoms in total. The number of hydrogen-bond acceptors (Lipinski definition) is 2. The summed E-state index contributed by atoms with van der Waals surface area (Å²) in [5, 5.41) is 0. The SMILES string of the molecule is c1ccc(C2Oc3ccccc3-c3ccccc3O2)cc1. The Morgan fingerprint density at radius 1 is 0.524 bits per heavy atom. The summed E-state index contributed by atoms with van der Waals surface area (Å²) in [6.45, 7) is 0. The predicted octanol–water partition coefficient (Wildman–Crippen LogP) is 4.82. The normalized spacial score (nSPS) is 13.3. The van der Waals surface area contributed by atoms with Crippen LogP contribution in [-0.4, -0.2) is 0 Å². The molecule has 0 amide bonds. The minimum absolute atomic E-state index is 0.434. The van der Waals surface area contributed by atoms with Crippen LogP contribution in [0.2, 0.25) is 0 Å². The lowest BCUT2D eigenvalue weighted by Gasteiger charge is -2.18. The second kappa shape index (κ2) is 4.98. The molecule has 0 atom stereocenters. The lowest BCUT2D eigenvalue weighted by molar-refractivity contribution is 0.00767. The molecule has 0 saturated heterocycles. The van der Waals surface area contributed by atoms with E-state index in [1.165, 1.54) is 0 Å². The highest BCUT2D eigenvalue weighted by molar-refractivity contribution is 5.76. The maximum absolute atomic E-state index is 6.10. The summed E-state index contributed by atoms with van der Waals surface area (Å²) >= 11 is 0. The van der Waals surface area contributed by atoms with Gasteiger partial charge in [-0.15, -0.1) is 0 Å². The second-order valence-electron chi connectivity index (χ2n) is 4.97. The largest absolute Gasteiger partial charge is 0.450 e. The van der Waals surface area contributed by atoms with Gasteiger partial charge in [0.2, 0.25) is 0 Å². The fourth-order valence-corrected chi connectivity index (χ4v) is 2.58. The van der Waals surface area contributed by atoms with Crippen molar-refractivity contribution < 1.29 is 9.47 Å². The number of benzene rings is 3. The van der Waals surface area contributed by atoms with E-state index in [2.05, 4.69) is 12.1 Å². The van der Waals surface area contributed by atoms with Crippen molar-refractivity contribution in [3.05, 3.63) is 84.4 Å². The van der Waals surface area contributed by atoms with Crippen LogP contribution in [0.3, 0.4) is 0 Å². The fraction of sp³-hybridized carbons (Fsp3) is 0.0526. The van der Waals surface area contributed by atoms with E-state index in [1.807, 2.05) is 66.7 Å². The number of fused-ring (bicyclic) bond motifs is 3. The topological polar surface area (TPSA) is 18.5 Å². The molecule has 2 heteroatoms. The number of para-hydroxylation sites is 2. The van der Waals surface area contributed by atoms with E-state index in [0.717, 1.165) is 28.2 Å². The molecule has 0 unspecified atom stereocenters. The summed E-state index contributed by atoms with van der Waals surface area (Å²) < 4.78 is 12.2. The maximum Gasteiger partial charge on any atom is 0.267 e. The zero-order valence-corrected chi connectivity index (χ0v) is 11.4. The van der Waals surface area contributed by atoms with Gasteiger partial charge < -0.3 is 9.47 Å². The van der Waals surface area contributed by atoms with Crippen LogP contribution in [0.15, 0.2) is 78.9 Å². The molecule has 0 bridgehead atoms. The molecule has 3 aromatic carbocycles. The number of rotatable bonds is 1. The molecular weight excluding hydrogens is 260 g/mol. The van der Waals surface area contributed by atoms with Crippen LogP contribution < -0.4 is 9.47 Å². The molecule has 0 saturated carbocycles. The first-order chi connectivity index (χ1) is 10.4. The average Bonchev–Trinajstić information content (AvgIpc) is 2.72. The minimum atomic E-state index is -0.434. The van der Waals surface area contributed by atoms with Gasteiger partial charge in [0.25, 0.3) is 6.29 Å². The zero-order chi connectivity index (χ0) is 14.1. The monoisotopic (exact) mass is 274 g/mol. The molecule has 4 rings (SSSR count). The van der Waals surface area contributed by atoms with Gasteiger partial charge in [0.15, 0.2) is 0 Å². The standard InChI is InChI=1S/C19H14O2/c1-2-8-14(9-3-1)19-20-17-12-6-4-10-15(17)16-11-5-7-13-18(16)21-19/h1-13,19H. The van der Waals surface area contributed by atoms with E-state index >= 15 is 0 Å². The van der Waals surface area contributed by atoms with Gasteiger partial charge in [-0.2, -0.15) is 0 Å². The first-order valence-corrected chi connectivity index (χ1v) is 6.98. The van der Waals surface area contributed by atoms with E-state index in [-0.39, 0.29) is 0 Å². The highest BCUT2D eigenvalue weighted by Crippen LogP contribution is 2.42. The first kappa shape index (κ1) is 12.0. The van der Waals surface area contributed by atoms with Gasteiger partial charge in [0.1, 0.15) is 11.5 Å². The quantitative estimate of drug-likeness (QED) is 0.633. The predicted molar refractivity (Wildman–Crippen MR) is 82.3 cm³/mol. The van der Waals surface area contributed by atoms with Crippen LogP contribution in [0, 0.1) is 0 Å². The number of hydrogen-bond donors (Lipinski definition) is 0. The minimum Gasteiger partial charge on any atom is -0.450 e. The fourth-order valence-electron chi connectivity index (χ4n) is 2.58. The van der Waals surface area contributed by atoms with Crippen molar-refractivity contribution in [2.75, 3.05) is 0 Å². The summed E-state index contributed by atoms with van der Waals surface area (Å²) in [7, 11) is 0. The first-order valence-electron chi connectivity index (χ1n) is 6.98. The van der Waals surface area contributed by atoms with E-state index < -0.39 is 6.29 Å². The summed E-state index contributed by atoms with van der Waals surface area (Å²) in [4.78, 5) is 0. The van der Waals surface area contributed by atoms with E-state index in [4.69, 9.17) is 9.47 Å². The van der Waals surface area contributed by atoms with Crippen molar-refractivity contribution in [2.24, 2.45) is 0 Å². The highest BCUT2D eigenvalue weighted by Gasteiger charge is 2.23. The molecule has 1 heterocycles. The van der Waals surface area contributed by atoms with Crippen molar-refractivity contribution in [3.8, 4) is 22.6 Å². The maximum atomic E-state index is 6.10. The van der Waals surface area contributed by atoms with E-state index in [9.17, 15) is 0 Å². The Kier molecular flexibility index (Phi) is 2.86. The van der Waals surface area contributed by atoms with Gasteiger partial charge >= 0.3 is 0 Å². The Labute approximate surface area is 123 Å². The molecule has 0 aromatic heterocycles.